The summed E-state index contributed by atoms with van der Waals surface area (Å²) in [5, 5.41) is 5.76. The summed E-state index contributed by atoms with van der Waals surface area (Å²) in [7, 11) is 0. The van der Waals surface area contributed by atoms with E-state index in [9.17, 15) is 9.59 Å². The predicted octanol–water partition coefficient (Wildman–Crippen LogP) is 1.45. The zero-order valence-electron chi connectivity index (χ0n) is 13.9. The number of carbonyl (C=O) groups excluding carboxylic acids is 2. The van der Waals surface area contributed by atoms with Gasteiger partial charge >= 0.3 is 0 Å². The molecule has 2 amide bonds. The monoisotopic (exact) mass is 349 g/mol. The van der Waals surface area contributed by atoms with Crippen molar-refractivity contribution in [3.05, 3.63) is 16.1 Å². The normalized spacial score (nSPS) is 29.4. The van der Waals surface area contributed by atoms with Gasteiger partial charge in [-0.1, -0.05) is 0 Å². The molecule has 1 saturated carbocycles. The van der Waals surface area contributed by atoms with Crippen LogP contribution in [0.5, 0.6) is 0 Å². The second-order valence-electron chi connectivity index (χ2n) is 7.12. The van der Waals surface area contributed by atoms with E-state index in [1.54, 1.807) is 10.3 Å². The summed E-state index contributed by atoms with van der Waals surface area (Å²) in [4.78, 5) is 31.4. The number of piperidine rings is 1. The Morgan fingerprint density at radius 1 is 1.38 bits per heavy atom. The molecule has 130 valence electrons. The molecule has 4 rings (SSSR count). The third-order valence-electron chi connectivity index (χ3n) is 5.32. The second-order valence-corrected chi connectivity index (χ2v) is 8.18. The van der Waals surface area contributed by atoms with Gasteiger partial charge in [0.25, 0.3) is 5.91 Å². The number of nitrogens with zero attached hydrogens (tertiary/aromatic N) is 2. The van der Waals surface area contributed by atoms with Crippen molar-refractivity contribution < 1.29 is 14.3 Å². The molecular weight excluding hydrogens is 326 g/mol. The highest BCUT2D eigenvalue weighted by Crippen LogP contribution is 2.35. The van der Waals surface area contributed by atoms with Crippen LogP contribution in [0.2, 0.25) is 0 Å². The minimum Gasteiger partial charge on any atom is -0.376 e. The molecule has 7 heteroatoms. The highest BCUT2D eigenvalue weighted by Gasteiger charge is 2.45. The Morgan fingerprint density at radius 3 is 2.92 bits per heavy atom. The van der Waals surface area contributed by atoms with Crippen molar-refractivity contribution in [3.63, 3.8) is 0 Å². The fourth-order valence-electron chi connectivity index (χ4n) is 3.74. The molecule has 0 bridgehead atoms. The van der Waals surface area contributed by atoms with Crippen LogP contribution in [-0.2, 0) is 9.53 Å². The molecule has 1 N–H and O–H groups in total. The SMILES string of the molecule is Cc1nc(C(=O)N2C[C@H]3OCC[C@H]3[C@H](C(=O)NCC3CC3)C2)cs1. The Hall–Kier alpha value is -1.47. The molecule has 3 atom stereocenters. The van der Waals surface area contributed by atoms with Crippen LogP contribution < -0.4 is 5.32 Å². The molecule has 0 aromatic carbocycles. The summed E-state index contributed by atoms with van der Waals surface area (Å²) in [6, 6.07) is 0. The average Bonchev–Trinajstić information content (AvgIpc) is 3.11. The molecule has 2 aliphatic heterocycles. The maximum Gasteiger partial charge on any atom is 0.273 e. The first-order valence-corrected chi connectivity index (χ1v) is 9.60. The standard InChI is InChI=1S/C17H23N3O3S/c1-10-19-14(9-24-10)17(22)20-7-13(12-4-5-23-15(12)8-20)16(21)18-6-11-2-3-11/h9,11-13,15H,2-8H2,1H3,(H,18,21)/t12-,13+,15+/m0/s1. The number of nitrogens with one attached hydrogen (secondary N) is 1. The number of rotatable bonds is 4. The highest BCUT2D eigenvalue weighted by molar-refractivity contribution is 7.09. The molecule has 3 fully saturated rings. The Balaban J connectivity index is 1.47. The van der Waals surface area contributed by atoms with E-state index in [2.05, 4.69) is 10.3 Å². The van der Waals surface area contributed by atoms with Gasteiger partial charge in [-0.3, -0.25) is 9.59 Å². The van der Waals surface area contributed by atoms with Crippen LogP contribution in [0.25, 0.3) is 0 Å². The number of fused-ring (bicyclic) bond motifs is 1. The summed E-state index contributed by atoms with van der Waals surface area (Å²) >= 11 is 1.47. The van der Waals surface area contributed by atoms with Crippen molar-refractivity contribution >= 4 is 23.2 Å². The molecule has 0 spiro atoms. The lowest BCUT2D eigenvalue weighted by Crippen LogP contribution is -2.54. The van der Waals surface area contributed by atoms with Crippen molar-refractivity contribution in [1.82, 2.24) is 15.2 Å². The van der Waals surface area contributed by atoms with E-state index in [-0.39, 0.29) is 29.8 Å². The van der Waals surface area contributed by atoms with Gasteiger partial charge in [0.2, 0.25) is 5.91 Å². The lowest BCUT2D eigenvalue weighted by molar-refractivity contribution is -0.130. The van der Waals surface area contributed by atoms with Gasteiger partial charge in [-0.2, -0.15) is 0 Å². The van der Waals surface area contributed by atoms with Crippen molar-refractivity contribution in [2.75, 3.05) is 26.2 Å². The van der Waals surface area contributed by atoms with E-state index in [0.717, 1.165) is 18.0 Å². The maximum absolute atomic E-state index is 12.7. The average molecular weight is 349 g/mol. The van der Waals surface area contributed by atoms with E-state index in [4.69, 9.17) is 4.74 Å². The van der Waals surface area contributed by atoms with Crippen LogP contribution in [-0.4, -0.2) is 54.0 Å². The third kappa shape index (κ3) is 3.19. The van der Waals surface area contributed by atoms with Gasteiger partial charge in [0.05, 0.1) is 17.0 Å². The molecule has 1 aromatic heterocycles. The Bertz CT molecular complexity index is 643. The van der Waals surface area contributed by atoms with Crippen molar-refractivity contribution in [2.45, 2.75) is 32.3 Å². The number of likely N-dealkylation sites (tertiary alicyclic amines) is 1. The quantitative estimate of drug-likeness (QED) is 0.893. The maximum atomic E-state index is 12.7. The van der Waals surface area contributed by atoms with Gasteiger partial charge in [0.1, 0.15) is 5.69 Å². The van der Waals surface area contributed by atoms with Crippen LogP contribution >= 0.6 is 11.3 Å². The minimum absolute atomic E-state index is 0.0286. The van der Waals surface area contributed by atoms with E-state index in [0.29, 0.717) is 31.3 Å². The fourth-order valence-corrected chi connectivity index (χ4v) is 4.33. The molecule has 0 radical (unpaired) electrons. The van der Waals surface area contributed by atoms with Crippen LogP contribution in [0, 0.1) is 24.7 Å². The van der Waals surface area contributed by atoms with Crippen LogP contribution in [0.1, 0.15) is 34.8 Å². The Labute approximate surface area is 145 Å². The number of thiazole rings is 1. The predicted molar refractivity (Wildman–Crippen MR) is 89.8 cm³/mol. The minimum atomic E-state index is -0.173. The summed E-state index contributed by atoms with van der Waals surface area (Å²) in [5.41, 5.74) is 0.478. The summed E-state index contributed by atoms with van der Waals surface area (Å²) in [6.07, 6.45) is 3.31. The number of carbonyl (C=O) groups is 2. The second kappa shape index (κ2) is 6.44. The van der Waals surface area contributed by atoms with Gasteiger partial charge in [0.15, 0.2) is 0 Å². The molecule has 24 heavy (non-hydrogen) atoms. The third-order valence-corrected chi connectivity index (χ3v) is 6.09. The molecule has 6 nitrogen and oxygen atoms in total. The van der Waals surface area contributed by atoms with E-state index in [1.165, 1.54) is 24.2 Å². The molecule has 1 aromatic rings. The number of hydrogen-bond donors (Lipinski definition) is 1. The zero-order valence-corrected chi connectivity index (χ0v) is 14.7. The van der Waals surface area contributed by atoms with Crippen molar-refractivity contribution in [2.24, 2.45) is 17.8 Å². The summed E-state index contributed by atoms with van der Waals surface area (Å²) < 4.78 is 5.81. The molecule has 0 unspecified atom stereocenters. The largest absolute Gasteiger partial charge is 0.376 e. The molecule has 2 saturated heterocycles. The number of amides is 2. The first-order valence-electron chi connectivity index (χ1n) is 8.72. The lowest BCUT2D eigenvalue weighted by atomic mass is 9.82. The first-order chi connectivity index (χ1) is 11.6. The summed E-state index contributed by atoms with van der Waals surface area (Å²) in [5.74, 6) is 0.700. The van der Waals surface area contributed by atoms with Gasteiger partial charge in [-0.15, -0.1) is 11.3 Å². The van der Waals surface area contributed by atoms with E-state index < -0.39 is 0 Å². The number of aromatic nitrogens is 1. The van der Waals surface area contributed by atoms with Crippen molar-refractivity contribution in [3.8, 4) is 0 Å². The smallest absolute Gasteiger partial charge is 0.273 e. The molecule has 3 heterocycles. The number of ether oxygens (including phenoxy) is 1. The number of hydrogen-bond acceptors (Lipinski definition) is 5. The first kappa shape index (κ1) is 16.0. The van der Waals surface area contributed by atoms with Gasteiger partial charge in [0, 0.05) is 37.5 Å². The van der Waals surface area contributed by atoms with Gasteiger partial charge < -0.3 is 15.0 Å². The van der Waals surface area contributed by atoms with Gasteiger partial charge in [-0.05, 0) is 32.1 Å². The summed E-state index contributed by atoms with van der Waals surface area (Å²) in [6.45, 7) is 4.37. The Morgan fingerprint density at radius 2 is 2.21 bits per heavy atom. The molecule has 1 aliphatic carbocycles. The van der Waals surface area contributed by atoms with E-state index >= 15 is 0 Å². The molecule has 3 aliphatic rings. The van der Waals surface area contributed by atoms with Crippen LogP contribution in [0.4, 0.5) is 0 Å². The Kier molecular flexibility index (Phi) is 4.30. The van der Waals surface area contributed by atoms with Crippen LogP contribution in [0.3, 0.4) is 0 Å². The highest BCUT2D eigenvalue weighted by atomic mass is 32.1. The lowest BCUT2D eigenvalue weighted by Gasteiger charge is -2.39. The fraction of sp³-hybridized carbons (Fsp3) is 0.706. The van der Waals surface area contributed by atoms with Crippen LogP contribution in [0.15, 0.2) is 5.38 Å². The van der Waals surface area contributed by atoms with Crippen molar-refractivity contribution in [1.29, 1.82) is 0 Å². The van der Waals surface area contributed by atoms with E-state index in [1.807, 2.05) is 6.92 Å². The molecular formula is C17H23N3O3S. The number of aryl methyl sites for hydroxylation is 1. The zero-order chi connectivity index (χ0) is 16.7. The topological polar surface area (TPSA) is 71.5 Å². The van der Waals surface area contributed by atoms with Gasteiger partial charge in [-0.25, -0.2) is 4.98 Å².